The summed E-state index contributed by atoms with van der Waals surface area (Å²) in [5, 5.41) is 10.1. The third-order valence-electron chi connectivity index (χ3n) is 2.66. The van der Waals surface area contributed by atoms with Crippen LogP contribution in [0.25, 0.3) is 10.9 Å². The van der Waals surface area contributed by atoms with E-state index in [1.54, 1.807) is 7.11 Å². The van der Waals surface area contributed by atoms with E-state index >= 15 is 0 Å². The molecule has 0 aliphatic heterocycles. The smallest absolute Gasteiger partial charge is 0.101 e. The lowest BCUT2D eigenvalue weighted by molar-refractivity contribution is 0.190. The van der Waals surface area contributed by atoms with E-state index in [4.69, 9.17) is 10.00 Å². The first-order chi connectivity index (χ1) is 7.86. The van der Waals surface area contributed by atoms with Gasteiger partial charge in [0.05, 0.1) is 5.56 Å². The van der Waals surface area contributed by atoms with Crippen LogP contribution in [0, 0.1) is 11.3 Å². The molecule has 2 rings (SSSR count). The zero-order valence-corrected chi connectivity index (χ0v) is 9.31. The van der Waals surface area contributed by atoms with Gasteiger partial charge in [-0.15, -0.1) is 0 Å². The maximum atomic E-state index is 9.03. The van der Waals surface area contributed by atoms with Crippen LogP contribution < -0.4 is 0 Å². The highest BCUT2D eigenvalue weighted by Crippen LogP contribution is 2.20. The molecule has 0 radical (unpaired) electrons. The van der Waals surface area contributed by atoms with E-state index in [-0.39, 0.29) is 0 Å². The highest BCUT2D eigenvalue weighted by Gasteiger charge is 2.06. The summed E-state index contributed by atoms with van der Waals surface area (Å²) in [5.74, 6) is 0. The quantitative estimate of drug-likeness (QED) is 0.733. The summed E-state index contributed by atoms with van der Waals surface area (Å²) in [6, 6.07) is 10.2. The van der Waals surface area contributed by atoms with Gasteiger partial charge in [-0.25, -0.2) is 0 Å². The van der Waals surface area contributed by atoms with Gasteiger partial charge < -0.3 is 9.30 Å². The predicted octanol–water partition coefficient (Wildman–Crippen LogP) is 2.55. The van der Waals surface area contributed by atoms with Crippen LogP contribution in [-0.4, -0.2) is 18.3 Å². The number of para-hydroxylation sites is 1. The molecule has 2 aromatic rings. The van der Waals surface area contributed by atoms with Crippen molar-refractivity contribution in [3.8, 4) is 6.07 Å². The highest BCUT2D eigenvalue weighted by atomic mass is 16.5. The predicted molar refractivity (Wildman–Crippen MR) is 63.1 cm³/mol. The van der Waals surface area contributed by atoms with Crippen molar-refractivity contribution in [2.75, 3.05) is 13.7 Å². The molecule has 0 aliphatic rings. The standard InChI is InChI=1S/C13H14N2O/c1-16-8-4-7-15-10-11(9-14)12-5-2-3-6-13(12)15/h2-3,5-6,10H,4,7-8H2,1H3. The molecule has 0 aliphatic carbocycles. The molecule has 1 aromatic carbocycles. The number of ether oxygens (including phenoxy) is 1. The van der Waals surface area contributed by atoms with Gasteiger partial charge in [0.2, 0.25) is 0 Å². The van der Waals surface area contributed by atoms with E-state index in [0.29, 0.717) is 0 Å². The Kier molecular flexibility index (Phi) is 3.23. The number of rotatable bonds is 4. The van der Waals surface area contributed by atoms with Gasteiger partial charge in [-0.3, -0.25) is 0 Å². The number of nitrogens with zero attached hydrogens (tertiary/aromatic N) is 2. The van der Waals surface area contributed by atoms with Crippen molar-refractivity contribution < 1.29 is 4.74 Å². The largest absolute Gasteiger partial charge is 0.385 e. The molecule has 0 saturated heterocycles. The molecule has 0 fully saturated rings. The number of nitriles is 1. The lowest BCUT2D eigenvalue weighted by Gasteiger charge is -2.03. The van der Waals surface area contributed by atoms with Crippen LogP contribution in [0.4, 0.5) is 0 Å². The van der Waals surface area contributed by atoms with Crippen LogP contribution in [0.5, 0.6) is 0 Å². The molecule has 0 amide bonds. The van der Waals surface area contributed by atoms with Crippen molar-refractivity contribution >= 4 is 10.9 Å². The van der Waals surface area contributed by atoms with Gasteiger partial charge in [-0.05, 0) is 12.5 Å². The molecule has 0 unspecified atom stereocenters. The second kappa shape index (κ2) is 4.82. The maximum Gasteiger partial charge on any atom is 0.101 e. The summed E-state index contributed by atoms with van der Waals surface area (Å²) in [7, 11) is 1.70. The van der Waals surface area contributed by atoms with E-state index in [0.717, 1.165) is 36.0 Å². The SMILES string of the molecule is COCCCn1cc(C#N)c2ccccc21. The summed E-state index contributed by atoms with van der Waals surface area (Å²) in [4.78, 5) is 0. The first kappa shape index (κ1) is 10.7. The molecule has 0 bridgehead atoms. The van der Waals surface area contributed by atoms with Crippen molar-refractivity contribution in [3.05, 3.63) is 36.0 Å². The summed E-state index contributed by atoms with van der Waals surface area (Å²) in [6.07, 6.45) is 2.88. The number of fused-ring (bicyclic) bond motifs is 1. The Morgan fingerprint density at radius 3 is 2.94 bits per heavy atom. The topological polar surface area (TPSA) is 38.0 Å². The highest BCUT2D eigenvalue weighted by molar-refractivity contribution is 5.86. The molecular formula is C13H14N2O. The number of hydrogen-bond donors (Lipinski definition) is 0. The van der Waals surface area contributed by atoms with Crippen LogP contribution in [-0.2, 0) is 11.3 Å². The second-order valence-corrected chi connectivity index (χ2v) is 3.71. The van der Waals surface area contributed by atoms with Gasteiger partial charge in [-0.2, -0.15) is 5.26 Å². The van der Waals surface area contributed by atoms with Crippen molar-refractivity contribution in [2.45, 2.75) is 13.0 Å². The fourth-order valence-corrected chi connectivity index (χ4v) is 1.90. The normalized spacial score (nSPS) is 10.5. The second-order valence-electron chi connectivity index (χ2n) is 3.71. The lowest BCUT2D eigenvalue weighted by Crippen LogP contribution is -1.99. The van der Waals surface area contributed by atoms with E-state index in [9.17, 15) is 0 Å². The number of methoxy groups -OCH3 is 1. The molecule has 0 spiro atoms. The molecule has 1 heterocycles. The zero-order chi connectivity index (χ0) is 11.4. The van der Waals surface area contributed by atoms with Crippen LogP contribution in [0.2, 0.25) is 0 Å². The van der Waals surface area contributed by atoms with E-state index in [1.807, 2.05) is 30.5 Å². The number of aryl methyl sites for hydroxylation is 1. The summed E-state index contributed by atoms with van der Waals surface area (Å²) in [6.45, 7) is 1.63. The van der Waals surface area contributed by atoms with Crippen molar-refractivity contribution in [3.63, 3.8) is 0 Å². The lowest BCUT2D eigenvalue weighted by atomic mass is 10.2. The van der Waals surface area contributed by atoms with Crippen LogP contribution >= 0.6 is 0 Å². The monoisotopic (exact) mass is 214 g/mol. The third-order valence-corrected chi connectivity index (χ3v) is 2.66. The summed E-state index contributed by atoms with van der Waals surface area (Å²) < 4.78 is 7.15. The Labute approximate surface area is 94.9 Å². The van der Waals surface area contributed by atoms with Gasteiger partial charge in [0.1, 0.15) is 6.07 Å². The fraction of sp³-hybridized carbons (Fsp3) is 0.308. The van der Waals surface area contributed by atoms with Crippen molar-refractivity contribution in [1.82, 2.24) is 4.57 Å². The van der Waals surface area contributed by atoms with Crippen LogP contribution in [0.15, 0.2) is 30.5 Å². The van der Waals surface area contributed by atoms with Gasteiger partial charge in [0.25, 0.3) is 0 Å². The fourth-order valence-electron chi connectivity index (χ4n) is 1.90. The zero-order valence-electron chi connectivity index (χ0n) is 9.31. The molecule has 0 N–H and O–H groups in total. The average molecular weight is 214 g/mol. The molecule has 0 atom stereocenters. The Bertz CT molecular complexity index is 522. The van der Waals surface area contributed by atoms with E-state index < -0.39 is 0 Å². The van der Waals surface area contributed by atoms with Crippen molar-refractivity contribution in [1.29, 1.82) is 5.26 Å². The summed E-state index contributed by atoms with van der Waals surface area (Å²) >= 11 is 0. The first-order valence-corrected chi connectivity index (χ1v) is 5.33. The first-order valence-electron chi connectivity index (χ1n) is 5.33. The molecule has 82 valence electrons. The van der Waals surface area contributed by atoms with Gasteiger partial charge in [-0.1, -0.05) is 18.2 Å². The number of aromatic nitrogens is 1. The van der Waals surface area contributed by atoms with Gasteiger partial charge in [0.15, 0.2) is 0 Å². The molecule has 1 aromatic heterocycles. The summed E-state index contributed by atoms with van der Waals surface area (Å²) in [5.41, 5.74) is 1.86. The van der Waals surface area contributed by atoms with Crippen LogP contribution in [0.1, 0.15) is 12.0 Å². The van der Waals surface area contributed by atoms with Crippen LogP contribution in [0.3, 0.4) is 0 Å². The average Bonchev–Trinajstić information content (AvgIpc) is 2.68. The molecule has 3 heteroatoms. The number of hydrogen-bond acceptors (Lipinski definition) is 2. The Morgan fingerprint density at radius 1 is 1.38 bits per heavy atom. The van der Waals surface area contributed by atoms with Gasteiger partial charge in [0, 0.05) is 37.4 Å². The maximum absolute atomic E-state index is 9.03. The molecule has 16 heavy (non-hydrogen) atoms. The van der Waals surface area contributed by atoms with Crippen molar-refractivity contribution in [2.24, 2.45) is 0 Å². The minimum Gasteiger partial charge on any atom is -0.385 e. The Balaban J connectivity index is 2.35. The molecule has 0 saturated carbocycles. The molecule has 3 nitrogen and oxygen atoms in total. The van der Waals surface area contributed by atoms with Gasteiger partial charge >= 0.3 is 0 Å². The van der Waals surface area contributed by atoms with E-state index in [2.05, 4.69) is 10.6 Å². The minimum absolute atomic E-state index is 0.744. The number of benzene rings is 1. The van der Waals surface area contributed by atoms with E-state index in [1.165, 1.54) is 0 Å². The Morgan fingerprint density at radius 2 is 2.19 bits per heavy atom. The molecular weight excluding hydrogens is 200 g/mol. The minimum atomic E-state index is 0.744. The Hall–Kier alpha value is -1.79. The third kappa shape index (κ3) is 1.93.